The second-order valence-electron chi connectivity index (χ2n) is 4.94. The van der Waals surface area contributed by atoms with Crippen molar-refractivity contribution in [1.29, 1.82) is 0 Å². The van der Waals surface area contributed by atoms with Crippen LogP contribution in [-0.4, -0.2) is 26.8 Å². The quantitative estimate of drug-likeness (QED) is 0.567. The zero-order chi connectivity index (χ0) is 17.8. The fourth-order valence-electron chi connectivity index (χ4n) is 2.04. The Morgan fingerprint density at radius 1 is 1.12 bits per heavy atom. The number of aromatic amines is 1. The molecule has 0 spiro atoms. The highest BCUT2D eigenvalue weighted by molar-refractivity contribution is 7.99. The van der Waals surface area contributed by atoms with Gasteiger partial charge < -0.3 is 5.32 Å². The first kappa shape index (κ1) is 18.1. The van der Waals surface area contributed by atoms with Crippen molar-refractivity contribution in [3.63, 3.8) is 0 Å². The summed E-state index contributed by atoms with van der Waals surface area (Å²) in [7, 11) is 0. The summed E-state index contributed by atoms with van der Waals surface area (Å²) in [5, 5.41) is 11.6. The van der Waals surface area contributed by atoms with Crippen molar-refractivity contribution in [3.05, 3.63) is 57.5 Å². The molecule has 0 aliphatic carbocycles. The van der Waals surface area contributed by atoms with Crippen molar-refractivity contribution < 1.29 is 4.79 Å². The lowest BCUT2D eigenvalue weighted by Gasteiger charge is -2.05. The molecule has 1 aromatic heterocycles. The highest BCUT2D eigenvalue weighted by atomic mass is 35.5. The third-order valence-corrected chi connectivity index (χ3v) is 4.69. The van der Waals surface area contributed by atoms with Gasteiger partial charge in [-0.2, -0.15) is 0 Å². The molecular formula is C16H11Cl3N4OS. The SMILES string of the molecule is O=C(CSc1n[nH]c(-c2ccccc2Cl)n1)Nc1cc(Cl)cc(Cl)c1. The molecule has 5 nitrogen and oxygen atoms in total. The van der Waals surface area contributed by atoms with Crippen LogP contribution in [0.3, 0.4) is 0 Å². The number of carbonyl (C=O) groups is 1. The van der Waals surface area contributed by atoms with E-state index in [0.717, 1.165) is 5.56 Å². The number of benzene rings is 2. The molecule has 0 unspecified atom stereocenters. The maximum absolute atomic E-state index is 12.0. The number of halogens is 3. The minimum atomic E-state index is -0.215. The Hall–Kier alpha value is -1.73. The minimum Gasteiger partial charge on any atom is -0.325 e. The van der Waals surface area contributed by atoms with Crippen molar-refractivity contribution in [2.75, 3.05) is 11.1 Å². The van der Waals surface area contributed by atoms with Gasteiger partial charge >= 0.3 is 0 Å². The summed E-state index contributed by atoms with van der Waals surface area (Å²) >= 11 is 19.1. The maximum Gasteiger partial charge on any atom is 0.234 e. The molecule has 0 radical (unpaired) electrons. The standard InChI is InChI=1S/C16H11Cl3N4OS/c17-9-5-10(18)7-11(6-9)20-14(24)8-25-16-21-15(22-23-16)12-3-1-2-4-13(12)19/h1-7H,8H2,(H,20,24)(H,21,22,23). The molecule has 0 bridgehead atoms. The smallest absolute Gasteiger partial charge is 0.234 e. The van der Waals surface area contributed by atoms with Crippen LogP contribution in [0.5, 0.6) is 0 Å². The van der Waals surface area contributed by atoms with E-state index < -0.39 is 0 Å². The van der Waals surface area contributed by atoms with Crippen LogP contribution in [0, 0.1) is 0 Å². The Labute approximate surface area is 163 Å². The summed E-state index contributed by atoms with van der Waals surface area (Å²) in [5.41, 5.74) is 1.29. The Bertz CT molecular complexity index is 896. The molecule has 3 aromatic rings. The predicted molar refractivity (Wildman–Crippen MR) is 103 cm³/mol. The molecule has 0 aliphatic heterocycles. The largest absolute Gasteiger partial charge is 0.325 e. The molecule has 25 heavy (non-hydrogen) atoms. The van der Waals surface area contributed by atoms with Crippen LogP contribution in [0.1, 0.15) is 0 Å². The number of carbonyl (C=O) groups excluding carboxylic acids is 1. The summed E-state index contributed by atoms with van der Waals surface area (Å²) in [6.45, 7) is 0. The van der Waals surface area contributed by atoms with E-state index in [1.54, 1.807) is 24.3 Å². The van der Waals surface area contributed by atoms with Gasteiger partial charge in [0.2, 0.25) is 11.1 Å². The van der Waals surface area contributed by atoms with Crippen molar-refractivity contribution in [2.45, 2.75) is 5.16 Å². The molecule has 0 saturated heterocycles. The maximum atomic E-state index is 12.0. The van der Waals surface area contributed by atoms with Crippen molar-refractivity contribution in [2.24, 2.45) is 0 Å². The molecule has 2 N–H and O–H groups in total. The van der Waals surface area contributed by atoms with E-state index in [-0.39, 0.29) is 11.7 Å². The fourth-order valence-corrected chi connectivity index (χ4v) is 3.39. The molecule has 1 heterocycles. The third-order valence-electron chi connectivity index (χ3n) is 3.07. The Morgan fingerprint density at radius 3 is 2.56 bits per heavy atom. The van der Waals surface area contributed by atoms with Crippen molar-refractivity contribution >= 4 is 58.2 Å². The monoisotopic (exact) mass is 412 g/mol. The number of hydrogen-bond acceptors (Lipinski definition) is 4. The van der Waals surface area contributed by atoms with Crippen molar-refractivity contribution in [1.82, 2.24) is 15.2 Å². The van der Waals surface area contributed by atoms with Gasteiger partial charge in [0.05, 0.1) is 10.8 Å². The average Bonchev–Trinajstić information content (AvgIpc) is 3.01. The number of nitrogens with one attached hydrogen (secondary N) is 2. The molecule has 0 fully saturated rings. The van der Waals surface area contributed by atoms with E-state index in [2.05, 4.69) is 20.5 Å². The van der Waals surface area contributed by atoms with Crippen LogP contribution in [0.2, 0.25) is 15.1 Å². The van der Waals surface area contributed by atoms with Crippen LogP contribution >= 0.6 is 46.6 Å². The van der Waals surface area contributed by atoms with E-state index in [4.69, 9.17) is 34.8 Å². The van der Waals surface area contributed by atoms with Crippen LogP contribution < -0.4 is 5.32 Å². The third kappa shape index (κ3) is 4.89. The van der Waals surface area contributed by atoms with E-state index in [1.807, 2.05) is 18.2 Å². The number of hydrogen-bond donors (Lipinski definition) is 2. The summed E-state index contributed by atoms with van der Waals surface area (Å²) < 4.78 is 0. The van der Waals surface area contributed by atoms with Crippen molar-refractivity contribution in [3.8, 4) is 11.4 Å². The molecule has 0 saturated carbocycles. The van der Waals surface area contributed by atoms with Gasteiger partial charge in [0.15, 0.2) is 5.82 Å². The molecule has 3 rings (SSSR count). The van der Waals surface area contributed by atoms with Gasteiger partial charge in [-0.15, -0.1) is 5.10 Å². The number of H-pyrrole nitrogens is 1. The first-order valence-electron chi connectivity index (χ1n) is 7.07. The Morgan fingerprint density at radius 2 is 1.84 bits per heavy atom. The second-order valence-corrected chi connectivity index (χ2v) is 7.16. The molecule has 0 aliphatic rings. The number of amides is 1. The number of aromatic nitrogens is 3. The Balaban J connectivity index is 1.60. The van der Waals surface area contributed by atoms with Gasteiger partial charge in [-0.3, -0.25) is 9.89 Å². The Kier molecular flexibility index (Phi) is 5.86. The number of thioether (sulfide) groups is 1. The predicted octanol–water partition coefficient (Wildman–Crippen LogP) is 5.16. The fraction of sp³-hybridized carbons (Fsp3) is 0.0625. The molecule has 1 amide bonds. The lowest BCUT2D eigenvalue weighted by atomic mass is 10.2. The lowest BCUT2D eigenvalue weighted by Crippen LogP contribution is -2.14. The van der Waals surface area contributed by atoms with Gasteiger partial charge in [-0.05, 0) is 30.3 Å². The van der Waals surface area contributed by atoms with Crippen LogP contribution in [0.4, 0.5) is 5.69 Å². The highest BCUT2D eigenvalue weighted by Crippen LogP contribution is 2.26. The zero-order valence-electron chi connectivity index (χ0n) is 12.6. The topological polar surface area (TPSA) is 70.7 Å². The summed E-state index contributed by atoms with van der Waals surface area (Å²) in [4.78, 5) is 16.4. The van der Waals surface area contributed by atoms with E-state index >= 15 is 0 Å². The first-order valence-corrected chi connectivity index (χ1v) is 9.19. The van der Waals surface area contributed by atoms with Gasteiger partial charge in [-0.1, -0.05) is 58.7 Å². The average molecular weight is 414 g/mol. The molecule has 9 heteroatoms. The summed E-state index contributed by atoms with van der Waals surface area (Å²) in [6.07, 6.45) is 0. The molecule has 2 aromatic carbocycles. The highest BCUT2D eigenvalue weighted by Gasteiger charge is 2.11. The number of anilines is 1. The minimum absolute atomic E-state index is 0.143. The lowest BCUT2D eigenvalue weighted by molar-refractivity contribution is -0.113. The van der Waals surface area contributed by atoms with E-state index in [0.29, 0.717) is 31.7 Å². The summed E-state index contributed by atoms with van der Waals surface area (Å²) in [6, 6.07) is 12.2. The van der Waals surface area contributed by atoms with E-state index in [9.17, 15) is 4.79 Å². The van der Waals surface area contributed by atoms with Gasteiger partial charge in [0.25, 0.3) is 0 Å². The van der Waals surface area contributed by atoms with Gasteiger partial charge in [-0.25, -0.2) is 4.98 Å². The van der Waals surface area contributed by atoms with Crippen LogP contribution in [0.15, 0.2) is 47.6 Å². The van der Waals surface area contributed by atoms with Gasteiger partial charge in [0.1, 0.15) is 0 Å². The first-order chi connectivity index (χ1) is 12.0. The van der Waals surface area contributed by atoms with Crippen LogP contribution in [0.25, 0.3) is 11.4 Å². The summed E-state index contributed by atoms with van der Waals surface area (Å²) in [5.74, 6) is 0.479. The zero-order valence-corrected chi connectivity index (χ0v) is 15.7. The normalized spacial score (nSPS) is 10.7. The molecule has 0 atom stereocenters. The number of rotatable bonds is 5. The molecular weight excluding hydrogens is 403 g/mol. The van der Waals surface area contributed by atoms with Crippen LogP contribution in [-0.2, 0) is 4.79 Å². The number of nitrogens with zero attached hydrogens (tertiary/aromatic N) is 2. The molecule has 128 valence electrons. The van der Waals surface area contributed by atoms with E-state index in [1.165, 1.54) is 11.8 Å². The second kappa shape index (κ2) is 8.10. The van der Waals surface area contributed by atoms with Gasteiger partial charge in [0, 0.05) is 21.3 Å².